The number of halogens is 1. The van der Waals surface area contributed by atoms with Gasteiger partial charge in [0.2, 0.25) is 0 Å². The lowest BCUT2D eigenvalue weighted by Crippen LogP contribution is -2.02. The Morgan fingerprint density at radius 3 is 2.52 bits per heavy atom. The van der Waals surface area contributed by atoms with Gasteiger partial charge in [0.05, 0.1) is 0 Å². The Labute approximate surface area is 142 Å². The standard InChI is InChI=1S/C20H19ClN2/c1-16-22-12-14-23(16)13-11-19-10-9-18(15-20(19)21)8-7-17-5-3-2-4-6-17/h2-10,12,14-15H,11,13H2,1H3/b8-7+. The Bertz CT molecular complexity index is 804. The van der Waals surface area contributed by atoms with E-state index in [1.54, 1.807) is 0 Å². The van der Waals surface area contributed by atoms with Crippen molar-refractivity contribution in [1.29, 1.82) is 0 Å². The molecule has 0 atom stereocenters. The highest BCUT2D eigenvalue weighted by molar-refractivity contribution is 6.31. The van der Waals surface area contributed by atoms with Gasteiger partial charge in [0.25, 0.3) is 0 Å². The maximum absolute atomic E-state index is 6.43. The average Bonchev–Trinajstić information content (AvgIpc) is 2.98. The van der Waals surface area contributed by atoms with E-state index in [0.717, 1.165) is 34.9 Å². The van der Waals surface area contributed by atoms with E-state index >= 15 is 0 Å². The minimum Gasteiger partial charge on any atom is -0.335 e. The van der Waals surface area contributed by atoms with E-state index in [2.05, 4.69) is 46.0 Å². The highest BCUT2D eigenvalue weighted by Gasteiger charge is 2.03. The van der Waals surface area contributed by atoms with E-state index in [4.69, 9.17) is 11.6 Å². The molecule has 3 rings (SSSR count). The number of benzene rings is 2. The van der Waals surface area contributed by atoms with Crippen LogP contribution in [0.25, 0.3) is 12.2 Å². The van der Waals surface area contributed by atoms with Crippen molar-refractivity contribution in [1.82, 2.24) is 9.55 Å². The van der Waals surface area contributed by atoms with Crippen LogP contribution in [0.5, 0.6) is 0 Å². The lowest BCUT2D eigenvalue weighted by molar-refractivity contribution is 0.673. The summed E-state index contributed by atoms with van der Waals surface area (Å²) in [5.74, 6) is 1.03. The van der Waals surface area contributed by atoms with Crippen molar-refractivity contribution in [3.05, 3.63) is 88.5 Å². The normalized spacial score (nSPS) is 11.2. The molecule has 1 heterocycles. The third kappa shape index (κ3) is 4.11. The molecular formula is C20H19ClN2. The van der Waals surface area contributed by atoms with E-state index in [1.165, 1.54) is 5.56 Å². The maximum atomic E-state index is 6.43. The minimum atomic E-state index is 0.818. The van der Waals surface area contributed by atoms with Crippen LogP contribution in [0.1, 0.15) is 22.5 Å². The van der Waals surface area contributed by atoms with Crippen LogP contribution >= 0.6 is 11.6 Å². The SMILES string of the molecule is Cc1nccn1CCc1ccc(/C=C/c2ccccc2)cc1Cl. The molecule has 2 aromatic carbocycles. The highest BCUT2D eigenvalue weighted by atomic mass is 35.5. The Kier molecular flexibility index (Phi) is 4.94. The fourth-order valence-corrected chi connectivity index (χ4v) is 2.79. The number of rotatable bonds is 5. The number of hydrogen-bond donors (Lipinski definition) is 0. The molecule has 0 aliphatic rings. The lowest BCUT2D eigenvalue weighted by atomic mass is 10.1. The zero-order valence-corrected chi connectivity index (χ0v) is 13.9. The quantitative estimate of drug-likeness (QED) is 0.586. The molecule has 116 valence electrons. The third-order valence-electron chi connectivity index (χ3n) is 3.89. The number of imidazole rings is 1. The van der Waals surface area contributed by atoms with E-state index in [0.29, 0.717) is 0 Å². The van der Waals surface area contributed by atoms with Crippen LogP contribution in [0, 0.1) is 6.92 Å². The zero-order valence-electron chi connectivity index (χ0n) is 13.1. The van der Waals surface area contributed by atoms with Crippen LogP contribution in [0.15, 0.2) is 60.9 Å². The van der Waals surface area contributed by atoms with Crippen molar-refractivity contribution in [3.8, 4) is 0 Å². The van der Waals surface area contributed by atoms with Gasteiger partial charge in [-0.3, -0.25) is 0 Å². The number of hydrogen-bond acceptors (Lipinski definition) is 1. The molecule has 2 nitrogen and oxygen atoms in total. The summed E-state index contributed by atoms with van der Waals surface area (Å²) >= 11 is 6.43. The molecule has 3 aromatic rings. The van der Waals surface area contributed by atoms with Crippen LogP contribution in [0.2, 0.25) is 5.02 Å². The van der Waals surface area contributed by atoms with Crippen LogP contribution in [0.3, 0.4) is 0 Å². The molecule has 23 heavy (non-hydrogen) atoms. The summed E-state index contributed by atoms with van der Waals surface area (Å²) in [7, 11) is 0. The summed E-state index contributed by atoms with van der Waals surface area (Å²) in [5.41, 5.74) is 3.46. The van der Waals surface area contributed by atoms with Gasteiger partial charge in [0, 0.05) is 24.0 Å². The fourth-order valence-electron chi connectivity index (χ4n) is 2.51. The van der Waals surface area contributed by atoms with E-state index < -0.39 is 0 Å². The number of nitrogens with zero attached hydrogens (tertiary/aromatic N) is 2. The molecule has 0 spiro atoms. The first kappa shape index (κ1) is 15.6. The molecule has 0 radical (unpaired) electrons. The molecule has 0 aliphatic heterocycles. The summed E-state index contributed by atoms with van der Waals surface area (Å²) in [6.07, 6.45) is 8.92. The maximum Gasteiger partial charge on any atom is 0.105 e. The average molecular weight is 323 g/mol. The van der Waals surface area contributed by atoms with Crippen molar-refractivity contribution in [2.45, 2.75) is 19.9 Å². The summed E-state index contributed by atoms with van der Waals surface area (Å²) in [5, 5.41) is 0.818. The molecule has 0 aliphatic carbocycles. The second-order valence-electron chi connectivity index (χ2n) is 5.51. The summed E-state index contributed by atoms with van der Waals surface area (Å²) in [4.78, 5) is 4.24. The van der Waals surface area contributed by atoms with Crippen LogP contribution < -0.4 is 0 Å². The molecule has 0 saturated heterocycles. The first-order valence-corrected chi connectivity index (χ1v) is 8.09. The Hall–Kier alpha value is -2.32. The summed E-state index contributed by atoms with van der Waals surface area (Å²) in [6.45, 7) is 2.91. The topological polar surface area (TPSA) is 17.8 Å². The summed E-state index contributed by atoms with van der Waals surface area (Å²) in [6, 6.07) is 16.5. The van der Waals surface area contributed by atoms with Crippen LogP contribution in [0.4, 0.5) is 0 Å². The lowest BCUT2D eigenvalue weighted by Gasteiger charge is -2.08. The largest absolute Gasteiger partial charge is 0.335 e. The Morgan fingerprint density at radius 1 is 1.04 bits per heavy atom. The molecule has 0 unspecified atom stereocenters. The first-order valence-electron chi connectivity index (χ1n) is 7.72. The van der Waals surface area contributed by atoms with Crippen molar-refractivity contribution >= 4 is 23.8 Å². The van der Waals surface area contributed by atoms with Gasteiger partial charge in [-0.2, -0.15) is 0 Å². The Balaban J connectivity index is 1.68. The smallest absolute Gasteiger partial charge is 0.105 e. The minimum absolute atomic E-state index is 0.818. The van der Waals surface area contributed by atoms with Gasteiger partial charge < -0.3 is 4.57 Å². The predicted octanol–water partition coefficient (Wildman–Crippen LogP) is 5.26. The van der Waals surface area contributed by atoms with Crippen LogP contribution in [-0.2, 0) is 13.0 Å². The van der Waals surface area contributed by atoms with E-state index in [9.17, 15) is 0 Å². The second kappa shape index (κ2) is 7.30. The monoisotopic (exact) mass is 322 g/mol. The fraction of sp³-hybridized carbons (Fsp3) is 0.150. The third-order valence-corrected chi connectivity index (χ3v) is 4.24. The van der Waals surface area contributed by atoms with Gasteiger partial charge in [-0.25, -0.2) is 4.98 Å². The van der Waals surface area contributed by atoms with Crippen molar-refractivity contribution in [2.75, 3.05) is 0 Å². The van der Waals surface area contributed by atoms with Gasteiger partial charge in [-0.15, -0.1) is 0 Å². The molecule has 0 bridgehead atoms. The van der Waals surface area contributed by atoms with Gasteiger partial charge in [0.15, 0.2) is 0 Å². The summed E-state index contributed by atoms with van der Waals surface area (Å²) < 4.78 is 2.14. The molecular weight excluding hydrogens is 304 g/mol. The highest BCUT2D eigenvalue weighted by Crippen LogP contribution is 2.20. The van der Waals surface area contributed by atoms with Gasteiger partial charge in [-0.05, 0) is 36.1 Å². The van der Waals surface area contributed by atoms with E-state index in [1.807, 2.05) is 43.6 Å². The molecule has 0 saturated carbocycles. The van der Waals surface area contributed by atoms with Crippen molar-refractivity contribution in [3.63, 3.8) is 0 Å². The molecule has 3 heteroatoms. The van der Waals surface area contributed by atoms with Crippen LogP contribution in [-0.4, -0.2) is 9.55 Å². The number of aryl methyl sites for hydroxylation is 3. The van der Waals surface area contributed by atoms with Crippen molar-refractivity contribution < 1.29 is 0 Å². The molecule has 0 fully saturated rings. The van der Waals surface area contributed by atoms with Gasteiger partial charge >= 0.3 is 0 Å². The predicted molar refractivity (Wildman–Crippen MR) is 97.5 cm³/mol. The first-order chi connectivity index (χ1) is 11.2. The van der Waals surface area contributed by atoms with Gasteiger partial charge in [0.1, 0.15) is 5.82 Å². The molecule has 0 N–H and O–H groups in total. The Morgan fingerprint density at radius 2 is 1.83 bits per heavy atom. The van der Waals surface area contributed by atoms with Crippen molar-refractivity contribution in [2.24, 2.45) is 0 Å². The number of aromatic nitrogens is 2. The molecule has 0 amide bonds. The van der Waals surface area contributed by atoms with Gasteiger partial charge in [-0.1, -0.05) is 66.2 Å². The van der Waals surface area contributed by atoms with E-state index in [-0.39, 0.29) is 0 Å². The zero-order chi connectivity index (χ0) is 16.1. The second-order valence-corrected chi connectivity index (χ2v) is 5.92. The molecule has 1 aromatic heterocycles.